The SMILES string of the molecule is CCCCN=C(N)NCCS(=O)(=O)C(C)(C)C. The van der Waals surface area contributed by atoms with Gasteiger partial charge in [0.05, 0.1) is 10.5 Å². The minimum absolute atomic E-state index is 0.0699. The van der Waals surface area contributed by atoms with Crippen molar-refractivity contribution in [2.24, 2.45) is 10.7 Å². The zero-order chi connectivity index (χ0) is 13.5. The number of guanidine groups is 1. The topological polar surface area (TPSA) is 84.5 Å². The number of hydrogen-bond acceptors (Lipinski definition) is 3. The summed E-state index contributed by atoms with van der Waals surface area (Å²) in [6, 6.07) is 0. The minimum atomic E-state index is -3.09. The number of hydrogen-bond donors (Lipinski definition) is 2. The molecule has 0 bridgehead atoms. The van der Waals surface area contributed by atoms with Crippen LogP contribution in [0.3, 0.4) is 0 Å². The highest BCUT2D eigenvalue weighted by atomic mass is 32.2. The van der Waals surface area contributed by atoms with E-state index in [-0.39, 0.29) is 5.75 Å². The van der Waals surface area contributed by atoms with Crippen molar-refractivity contribution in [3.63, 3.8) is 0 Å². The predicted octanol–water partition coefficient (Wildman–Crippen LogP) is 0.904. The number of nitrogens with zero attached hydrogens (tertiary/aromatic N) is 1. The molecule has 0 unspecified atom stereocenters. The second kappa shape index (κ2) is 6.83. The molecule has 6 heteroatoms. The number of unbranched alkanes of at least 4 members (excludes halogenated alkanes) is 1. The van der Waals surface area contributed by atoms with Gasteiger partial charge in [0, 0.05) is 13.1 Å². The van der Waals surface area contributed by atoms with Crippen LogP contribution < -0.4 is 11.1 Å². The standard InChI is InChI=1S/C11H25N3O2S/c1-5-6-7-13-10(12)14-8-9-17(15,16)11(2,3)4/h5-9H2,1-4H3,(H3,12,13,14). The van der Waals surface area contributed by atoms with E-state index in [1.165, 1.54) is 0 Å². The third kappa shape index (κ3) is 6.51. The van der Waals surface area contributed by atoms with E-state index in [4.69, 9.17) is 5.73 Å². The fraction of sp³-hybridized carbons (Fsp3) is 0.909. The van der Waals surface area contributed by atoms with E-state index in [1.54, 1.807) is 20.8 Å². The summed E-state index contributed by atoms with van der Waals surface area (Å²) in [4.78, 5) is 4.08. The van der Waals surface area contributed by atoms with Crippen LogP contribution in [0.15, 0.2) is 4.99 Å². The Bertz CT molecular complexity index is 342. The molecule has 5 nitrogen and oxygen atoms in total. The molecule has 0 aromatic carbocycles. The minimum Gasteiger partial charge on any atom is -0.370 e. The van der Waals surface area contributed by atoms with Gasteiger partial charge < -0.3 is 11.1 Å². The van der Waals surface area contributed by atoms with Gasteiger partial charge in [-0.1, -0.05) is 13.3 Å². The summed E-state index contributed by atoms with van der Waals surface area (Å²) in [7, 11) is -3.09. The van der Waals surface area contributed by atoms with Gasteiger partial charge >= 0.3 is 0 Å². The van der Waals surface area contributed by atoms with Gasteiger partial charge in [-0.2, -0.15) is 0 Å². The Morgan fingerprint density at radius 3 is 2.41 bits per heavy atom. The van der Waals surface area contributed by atoms with Gasteiger partial charge in [0.1, 0.15) is 0 Å². The van der Waals surface area contributed by atoms with Crippen LogP contribution in [0.2, 0.25) is 0 Å². The second-order valence-electron chi connectivity index (χ2n) is 4.98. The third-order valence-electron chi connectivity index (χ3n) is 2.40. The van der Waals surface area contributed by atoms with Gasteiger partial charge in [-0.25, -0.2) is 8.42 Å². The Kier molecular flexibility index (Phi) is 6.52. The molecule has 0 saturated heterocycles. The Balaban J connectivity index is 4.04. The van der Waals surface area contributed by atoms with E-state index in [1.807, 2.05) is 0 Å². The van der Waals surface area contributed by atoms with Crippen molar-refractivity contribution in [2.75, 3.05) is 18.8 Å². The van der Waals surface area contributed by atoms with E-state index in [9.17, 15) is 8.42 Å². The van der Waals surface area contributed by atoms with Crippen molar-refractivity contribution in [1.82, 2.24) is 5.32 Å². The highest BCUT2D eigenvalue weighted by Crippen LogP contribution is 2.14. The normalized spacial score (nSPS) is 13.8. The van der Waals surface area contributed by atoms with Crippen LogP contribution in [-0.4, -0.2) is 38.0 Å². The van der Waals surface area contributed by atoms with Gasteiger partial charge in [0.25, 0.3) is 0 Å². The Hall–Kier alpha value is -0.780. The fourth-order valence-corrected chi connectivity index (χ4v) is 2.02. The number of rotatable bonds is 6. The first-order chi connectivity index (χ1) is 7.70. The number of nitrogens with two attached hydrogens (primary N) is 1. The van der Waals surface area contributed by atoms with Crippen LogP contribution in [0.25, 0.3) is 0 Å². The maximum atomic E-state index is 11.8. The van der Waals surface area contributed by atoms with Gasteiger partial charge in [-0.15, -0.1) is 0 Å². The number of sulfone groups is 1. The van der Waals surface area contributed by atoms with Crippen molar-refractivity contribution in [3.8, 4) is 0 Å². The third-order valence-corrected chi connectivity index (χ3v) is 5.01. The van der Waals surface area contributed by atoms with Crippen LogP contribution in [0, 0.1) is 0 Å². The molecule has 3 N–H and O–H groups in total. The highest BCUT2D eigenvalue weighted by Gasteiger charge is 2.28. The van der Waals surface area contributed by atoms with Crippen molar-refractivity contribution >= 4 is 15.8 Å². The zero-order valence-electron chi connectivity index (χ0n) is 11.3. The molecule has 0 aliphatic rings. The lowest BCUT2D eigenvalue weighted by Gasteiger charge is -2.19. The Morgan fingerprint density at radius 2 is 1.94 bits per heavy atom. The van der Waals surface area contributed by atoms with Crippen LogP contribution in [0.5, 0.6) is 0 Å². The molecule has 0 fully saturated rings. The Morgan fingerprint density at radius 1 is 1.35 bits per heavy atom. The molecule has 0 radical (unpaired) electrons. The molecule has 0 aromatic heterocycles. The molecule has 102 valence electrons. The summed E-state index contributed by atoms with van der Waals surface area (Å²) in [5, 5.41) is 2.82. The smallest absolute Gasteiger partial charge is 0.188 e. The maximum absolute atomic E-state index is 11.8. The molecule has 0 saturated carbocycles. The van der Waals surface area contributed by atoms with Gasteiger partial charge in [-0.05, 0) is 27.2 Å². The van der Waals surface area contributed by atoms with Crippen LogP contribution in [0.1, 0.15) is 40.5 Å². The molecule has 0 rings (SSSR count). The first-order valence-electron chi connectivity index (χ1n) is 5.97. The molecule has 17 heavy (non-hydrogen) atoms. The lowest BCUT2D eigenvalue weighted by Crippen LogP contribution is -2.39. The van der Waals surface area contributed by atoms with E-state index in [2.05, 4.69) is 17.2 Å². The maximum Gasteiger partial charge on any atom is 0.188 e. The predicted molar refractivity (Wildman–Crippen MR) is 72.9 cm³/mol. The molecule has 0 amide bonds. The van der Waals surface area contributed by atoms with Crippen molar-refractivity contribution < 1.29 is 8.42 Å². The average molecular weight is 263 g/mol. The van der Waals surface area contributed by atoms with E-state index in [0.29, 0.717) is 19.0 Å². The van der Waals surface area contributed by atoms with Crippen molar-refractivity contribution in [1.29, 1.82) is 0 Å². The second-order valence-corrected chi connectivity index (χ2v) is 7.84. The summed E-state index contributed by atoms with van der Waals surface area (Å²) in [6.45, 7) is 8.15. The summed E-state index contributed by atoms with van der Waals surface area (Å²) in [6.07, 6.45) is 2.05. The molecular weight excluding hydrogens is 238 g/mol. The highest BCUT2D eigenvalue weighted by molar-refractivity contribution is 7.92. The lowest BCUT2D eigenvalue weighted by atomic mass is 10.3. The van der Waals surface area contributed by atoms with E-state index in [0.717, 1.165) is 12.8 Å². The summed E-state index contributed by atoms with van der Waals surface area (Å²) < 4.78 is 22.8. The number of aliphatic imine (C=N–C) groups is 1. The first-order valence-corrected chi connectivity index (χ1v) is 7.62. The van der Waals surface area contributed by atoms with E-state index >= 15 is 0 Å². The molecular formula is C11H25N3O2S. The summed E-state index contributed by atoms with van der Waals surface area (Å²) in [5.74, 6) is 0.392. The number of nitrogens with one attached hydrogen (secondary N) is 1. The molecule has 0 atom stereocenters. The van der Waals surface area contributed by atoms with Gasteiger partial charge in [0.15, 0.2) is 15.8 Å². The van der Waals surface area contributed by atoms with Crippen LogP contribution >= 0.6 is 0 Å². The fourth-order valence-electron chi connectivity index (χ4n) is 1.03. The first kappa shape index (κ1) is 16.2. The van der Waals surface area contributed by atoms with Gasteiger partial charge in [-0.3, -0.25) is 4.99 Å². The average Bonchev–Trinajstić information content (AvgIpc) is 2.16. The summed E-state index contributed by atoms with van der Waals surface area (Å²) in [5.41, 5.74) is 5.60. The molecule has 0 aromatic rings. The zero-order valence-corrected chi connectivity index (χ0v) is 12.1. The van der Waals surface area contributed by atoms with Crippen molar-refractivity contribution in [3.05, 3.63) is 0 Å². The lowest BCUT2D eigenvalue weighted by molar-refractivity contribution is 0.559. The monoisotopic (exact) mass is 263 g/mol. The quantitative estimate of drug-likeness (QED) is 0.424. The molecule has 0 heterocycles. The van der Waals surface area contributed by atoms with Crippen LogP contribution in [-0.2, 0) is 9.84 Å². The molecule has 0 spiro atoms. The van der Waals surface area contributed by atoms with Crippen LogP contribution in [0.4, 0.5) is 0 Å². The van der Waals surface area contributed by atoms with E-state index < -0.39 is 14.6 Å². The molecule has 0 aliphatic carbocycles. The summed E-state index contributed by atoms with van der Waals surface area (Å²) >= 11 is 0. The Labute approximate surface area is 105 Å². The van der Waals surface area contributed by atoms with Gasteiger partial charge in [0.2, 0.25) is 0 Å². The van der Waals surface area contributed by atoms with Crippen molar-refractivity contribution in [2.45, 2.75) is 45.3 Å². The largest absolute Gasteiger partial charge is 0.370 e. The molecule has 0 aliphatic heterocycles.